The number of ether oxygens (including phenoxy) is 2. The van der Waals surface area contributed by atoms with Gasteiger partial charge in [-0.25, -0.2) is 10.9 Å². The Morgan fingerprint density at radius 3 is 1.81 bits per heavy atom. The second-order valence-electron chi connectivity index (χ2n) is 6.51. The maximum Gasteiger partial charge on any atom is 0.266 e. The highest BCUT2D eigenvalue weighted by atomic mass is 16.6. The summed E-state index contributed by atoms with van der Waals surface area (Å²) in [7, 11) is 1.39. The van der Waals surface area contributed by atoms with Crippen LogP contribution >= 0.6 is 0 Å². The highest BCUT2D eigenvalue weighted by Crippen LogP contribution is 2.13. The SMILES string of the molecule is COC(O)c1ccc(/C=N/NC(=O)COCC(=O)N/N=C/c2ccc(C(C)=O)cc2)cc1. The van der Waals surface area contributed by atoms with Crippen LogP contribution in [0.25, 0.3) is 0 Å². The van der Waals surface area contributed by atoms with Gasteiger partial charge in [-0.1, -0.05) is 48.5 Å². The van der Waals surface area contributed by atoms with E-state index in [9.17, 15) is 19.5 Å². The summed E-state index contributed by atoms with van der Waals surface area (Å²) < 4.78 is 9.81. The molecule has 2 aromatic carbocycles. The molecular formula is C22H24N4O6. The number of hydrogen-bond acceptors (Lipinski definition) is 8. The molecule has 3 N–H and O–H groups in total. The Morgan fingerprint density at radius 1 is 0.906 bits per heavy atom. The number of amides is 2. The first kappa shape index (κ1) is 24.5. The lowest BCUT2D eigenvalue weighted by atomic mass is 10.1. The smallest absolute Gasteiger partial charge is 0.266 e. The molecule has 168 valence electrons. The highest BCUT2D eigenvalue weighted by molar-refractivity contribution is 5.95. The first-order valence-corrected chi connectivity index (χ1v) is 9.52. The van der Waals surface area contributed by atoms with Crippen LogP contribution in [0, 0.1) is 0 Å². The summed E-state index contributed by atoms with van der Waals surface area (Å²) in [5, 5.41) is 17.1. The summed E-state index contributed by atoms with van der Waals surface area (Å²) in [6.45, 7) is 0.756. The number of carbonyl (C=O) groups excluding carboxylic acids is 3. The molecule has 0 aliphatic rings. The molecule has 0 radical (unpaired) electrons. The maximum atomic E-state index is 11.7. The maximum absolute atomic E-state index is 11.7. The van der Waals surface area contributed by atoms with Crippen molar-refractivity contribution in [2.75, 3.05) is 20.3 Å². The number of methoxy groups -OCH3 is 1. The summed E-state index contributed by atoms with van der Waals surface area (Å²) in [6, 6.07) is 13.5. The summed E-state index contributed by atoms with van der Waals surface area (Å²) in [6.07, 6.45) is 1.84. The molecule has 0 saturated carbocycles. The van der Waals surface area contributed by atoms with E-state index in [4.69, 9.17) is 9.47 Å². The van der Waals surface area contributed by atoms with Crippen molar-refractivity contribution in [1.82, 2.24) is 10.9 Å². The van der Waals surface area contributed by atoms with Gasteiger partial charge < -0.3 is 14.6 Å². The van der Waals surface area contributed by atoms with Crippen molar-refractivity contribution >= 4 is 30.0 Å². The fourth-order valence-electron chi connectivity index (χ4n) is 2.35. The van der Waals surface area contributed by atoms with E-state index in [1.165, 1.54) is 26.5 Å². The number of carbonyl (C=O) groups is 3. The van der Waals surface area contributed by atoms with Crippen LogP contribution in [0.5, 0.6) is 0 Å². The molecular weight excluding hydrogens is 416 g/mol. The fourth-order valence-corrected chi connectivity index (χ4v) is 2.35. The van der Waals surface area contributed by atoms with Gasteiger partial charge in [0.1, 0.15) is 13.2 Å². The third-order valence-electron chi connectivity index (χ3n) is 4.03. The van der Waals surface area contributed by atoms with Crippen LogP contribution in [-0.2, 0) is 19.1 Å². The van der Waals surface area contributed by atoms with Gasteiger partial charge in [0.2, 0.25) is 0 Å². The molecule has 2 amide bonds. The van der Waals surface area contributed by atoms with Gasteiger partial charge in [-0.15, -0.1) is 0 Å². The highest BCUT2D eigenvalue weighted by Gasteiger charge is 2.05. The van der Waals surface area contributed by atoms with E-state index in [2.05, 4.69) is 21.1 Å². The zero-order valence-electron chi connectivity index (χ0n) is 17.6. The second-order valence-corrected chi connectivity index (χ2v) is 6.51. The molecule has 10 nitrogen and oxygen atoms in total. The number of aliphatic hydroxyl groups excluding tert-OH is 1. The average molecular weight is 440 g/mol. The van der Waals surface area contributed by atoms with Crippen molar-refractivity contribution in [2.45, 2.75) is 13.2 Å². The number of rotatable bonds is 11. The van der Waals surface area contributed by atoms with Crippen LogP contribution in [0.15, 0.2) is 58.7 Å². The number of aliphatic hydroxyl groups is 1. The number of benzene rings is 2. The molecule has 0 spiro atoms. The van der Waals surface area contributed by atoms with Gasteiger partial charge in [0.25, 0.3) is 11.8 Å². The molecule has 0 aliphatic heterocycles. The third-order valence-corrected chi connectivity index (χ3v) is 4.03. The van der Waals surface area contributed by atoms with Crippen molar-refractivity contribution < 1.29 is 29.0 Å². The van der Waals surface area contributed by atoms with E-state index in [0.717, 1.165) is 0 Å². The number of Topliss-reactive ketones (excluding diaryl/α,β-unsaturated/α-hetero) is 1. The number of nitrogens with zero attached hydrogens (tertiary/aromatic N) is 2. The van der Waals surface area contributed by atoms with E-state index in [-0.39, 0.29) is 19.0 Å². The van der Waals surface area contributed by atoms with E-state index in [0.29, 0.717) is 22.3 Å². The van der Waals surface area contributed by atoms with E-state index < -0.39 is 18.1 Å². The molecule has 0 fully saturated rings. The molecule has 1 unspecified atom stereocenters. The van der Waals surface area contributed by atoms with Crippen molar-refractivity contribution in [1.29, 1.82) is 0 Å². The standard InChI is InChI=1S/C22H24N4O6/c1-15(27)18-7-3-16(4-8-18)11-23-25-20(28)13-32-14-21(29)26-24-12-17-5-9-19(10-6-17)22(30)31-2/h3-12,22,30H,13-14H2,1-2H3,(H,25,28)(H,26,29)/b23-11+,24-12+. The van der Waals surface area contributed by atoms with Gasteiger partial charge in [-0.3, -0.25) is 14.4 Å². The van der Waals surface area contributed by atoms with Crippen molar-refractivity contribution in [3.63, 3.8) is 0 Å². The molecule has 2 rings (SSSR count). The van der Waals surface area contributed by atoms with Gasteiger partial charge in [0.15, 0.2) is 12.1 Å². The Balaban J connectivity index is 1.65. The summed E-state index contributed by atoms with van der Waals surface area (Å²) >= 11 is 0. The number of hydrazone groups is 2. The molecule has 0 bridgehead atoms. The summed E-state index contributed by atoms with van der Waals surface area (Å²) in [5.41, 5.74) is 7.14. The molecule has 0 heterocycles. The molecule has 32 heavy (non-hydrogen) atoms. The van der Waals surface area contributed by atoms with E-state index >= 15 is 0 Å². The zero-order chi connectivity index (χ0) is 23.3. The topological polar surface area (TPSA) is 139 Å². The molecule has 0 aliphatic carbocycles. The summed E-state index contributed by atoms with van der Waals surface area (Å²) in [5.74, 6) is -1.10. The predicted octanol–water partition coefficient (Wildman–Crippen LogP) is 1.14. The quantitative estimate of drug-likeness (QED) is 0.207. The number of nitrogens with one attached hydrogen (secondary N) is 2. The zero-order valence-corrected chi connectivity index (χ0v) is 17.6. The third kappa shape index (κ3) is 8.56. The Labute approximate surface area is 184 Å². The number of ketones is 1. The minimum Gasteiger partial charge on any atom is -0.364 e. The first-order chi connectivity index (χ1) is 15.4. The van der Waals surface area contributed by atoms with Crippen molar-refractivity contribution in [2.24, 2.45) is 10.2 Å². The van der Waals surface area contributed by atoms with Gasteiger partial charge >= 0.3 is 0 Å². The van der Waals surface area contributed by atoms with Crippen molar-refractivity contribution in [3.05, 3.63) is 70.8 Å². The monoisotopic (exact) mass is 440 g/mol. The van der Waals surface area contributed by atoms with Gasteiger partial charge in [0.05, 0.1) is 12.4 Å². The average Bonchev–Trinajstić information content (AvgIpc) is 2.79. The van der Waals surface area contributed by atoms with E-state index in [1.807, 2.05) is 0 Å². The lowest BCUT2D eigenvalue weighted by molar-refractivity contribution is -0.130. The van der Waals surface area contributed by atoms with Crippen LogP contribution < -0.4 is 10.9 Å². The lowest BCUT2D eigenvalue weighted by Gasteiger charge is -2.08. The van der Waals surface area contributed by atoms with Crippen LogP contribution in [0.4, 0.5) is 0 Å². The molecule has 1 atom stereocenters. The molecule has 2 aromatic rings. The minimum atomic E-state index is -1.000. The fraction of sp³-hybridized carbons (Fsp3) is 0.227. The van der Waals surface area contributed by atoms with E-state index in [1.54, 1.807) is 48.5 Å². The predicted molar refractivity (Wildman–Crippen MR) is 117 cm³/mol. The van der Waals surface area contributed by atoms with Crippen LogP contribution in [0.1, 0.15) is 40.3 Å². The normalized spacial score (nSPS) is 12.1. The first-order valence-electron chi connectivity index (χ1n) is 9.52. The van der Waals surface area contributed by atoms with Gasteiger partial charge in [-0.05, 0) is 18.1 Å². The molecule has 10 heteroatoms. The lowest BCUT2D eigenvalue weighted by Crippen LogP contribution is -2.28. The molecule has 0 saturated heterocycles. The van der Waals surface area contributed by atoms with Crippen LogP contribution in [-0.4, -0.2) is 55.5 Å². The Morgan fingerprint density at radius 2 is 1.38 bits per heavy atom. The number of hydrogen-bond donors (Lipinski definition) is 3. The largest absolute Gasteiger partial charge is 0.364 e. The summed E-state index contributed by atoms with van der Waals surface area (Å²) in [4.78, 5) is 34.6. The van der Waals surface area contributed by atoms with Gasteiger partial charge in [0, 0.05) is 18.2 Å². The van der Waals surface area contributed by atoms with Crippen molar-refractivity contribution in [3.8, 4) is 0 Å². The van der Waals surface area contributed by atoms with Gasteiger partial charge in [-0.2, -0.15) is 10.2 Å². The molecule has 0 aromatic heterocycles. The Hall–Kier alpha value is -3.73. The minimum absolute atomic E-state index is 0.0361. The Kier molecular flexibility index (Phi) is 9.85. The van der Waals surface area contributed by atoms with Crippen LogP contribution in [0.3, 0.4) is 0 Å². The second kappa shape index (κ2) is 12.8. The van der Waals surface area contributed by atoms with Crippen LogP contribution in [0.2, 0.25) is 0 Å². The Bertz CT molecular complexity index is 971.